The lowest BCUT2D eigenvalue weighted by Gasteiger charge is -2.29. The molecule has 0 fully saturated rings. The van der Waals surface area contributed by atoms with Gasteiger partial charge < -0.3 is 5.32 Å². The lowest BCUT2D eigenvalue weighted by atomic mass is 9.90. The van der Waals surface area contributed by atoms with E-state index in [1.54, 1.807) is 18.2 Å². The van der Waals surface area contributed by atoms with E-state index in [1.165, 1.54) is 12.1 Å². The third-order valence-electron chi connectivity index (χ3n) is 4.22. The van der Waals surface area contributed by atoms with E-state index in [0.29, 0.717) is 6.54 Å². The number of rotatable bonds is 8. The smallest absolute Gasteiger partial charge is 0.269 e. The minimum atomic E-state index is -0.474. The van der Waals surface area contributed by atoms with Crippen molar-refractivity contribution in [1.29, 1.82) is 0 Å². The van der Waals surface area contributed by atoms with Crippen LogP contribution in [0.15, 0.2) is 67.3 Å². The zero-order valence-corrected chi connectivity index (χ0v) is 15.0. The number of hydrogen-bond donors (Lipinski definition) is 1. The average molecular weight is 353 g/mol. The first-order valence-electron chi connectivity index (χ1n) is 8.29. The van der Waals surface area contributed by atoms with Crippen LogP contribution in [0.1, 0.15) is 17.0 Å². The summed E-state index contributed by atoms with van der Waals surface area (Å²) in [5.41, 5.74) is 1.84. The molecule has 0 radical (unpaired) electrons. The number of nitrogens with one attached hydrogen (secondary N) is 1. The molecule has 6 nitrogen and oxygen atoms in total. The Hall–Kier alpha value is -2.99. The SMILES string of the molecule is C=C[C@@H](c1ccc([N+](=O)[O-])cc1)[C@@H](C(=O)NCc1ccccc1)N(C)C. The monoisotopic (exact) mass is 353 g/mol. The molecule has 6 heteroatoms. The Morgan fingerprint density at radius 2 is 1.81 bits per heavy atom. The standard InChI is InChI=1S/C20H23N3O3/c1-4-18(16-10-12-17(13-11-16)23(25)26)19(22(2)3)20(24)21-14-15-8-6-5-7-9-15/h4-13,18-19H,1,14H2,2-3H3,(H,21,24)/t18-,19-/m0/s1. The maximum atomic E-state index is 12.8. The molecule has 1 N–H and O–H groups in total. The molecule has 0 heterocycles. The van der Waals surface area contributed by atoms with Crippen molar-refractivity contribution in [3.8, 4) is 0 Å². The van der Waals surface area contributed by atoms with E-state index in [2.05, 4.69) is 11.9 Å². The molecule has 0 aliphatic rings. The molecule has 0 spiro atoms. The summed E-state index contributed by atoms with van der Waals surface area (Å²) in [4.78, 5) is 25.0. The van der Waals surface area contributed by atoms with E-state index < -0.39 is 11.0 Å². The molecular weight excluding hydrogens is 330 g/mol. The third kappa shape index (κ3) is 4.77. The Morgan fingerprint density at radius 1 is 1.19 bits per heavy atom. The molecule has 0 unspecified atom stereocenters. The molecular formula is C20H23N3O3. The van der Waals surface area contributed by atoms with Crippen molar-refractivity contribution in [2.75, 3.05) is 14.1 Å². The molecule has 0 aliphatic heterocycles. The molecule has 0 bridgehead atoms. The van der Waals surface area contributed by atoms with Crippen LogP contribution in [0.5, 0.6) is 0 Å². The Morgan fingerprint density at radius 3 is 2.31 bits per heavy atom. The molecule has 26 heavy (non-hydrogen) atoms. The van der Waals surface area contributed by atoms with Crippen molar-refractivity contribution in [3.05, 3.63) is 88.5 Å². The second-order valence-corrected chi connectivity index (χ2v) is 6.22. The molecule has 2 atom stereocenters. The van der Waals surface area contributed by atoms with Gasteiger partial charge in [-0.05, 0) is 25.2 Å². The molecule has 0 saturated carbocycles. The van der Waals surface area contributed by atoms with Crippen LogP contribution in [0.2, 0.25) is 0 Å². The highest BCUT2D eigenvalue weighted by Crippen LogP contribution is 2.26. The zero-order chi connectivity index (χ0) is 19.1. The van der Waals surface area contributed by atoms with Gasteiger partial charge in [0, 0.05) is 24.6 Å². The minimum absolute atomic E-state index is 0.0199. The number of non-ortho nitro benzene ring substituents is 1. The summed E-state index contributed by atoms with van der Waals surface area (Å²) in [6.45, 7) is 4.30. The molecule has 0 saturated heterocycles. The van der Waals surface area contributed by atoms with Crippen molar-refractivity contribution in [1.82, 2.24) is 10.2 Å². The van der Waals surface area contributed by atoms with Crippen LogP contribution in [0.3, 0.4) is 0 Å². The molecule has 1 amide bonds. The Bertz CT molecular complexity index is 758. The van der Waals surface area contributed by atoms with E-state index in [0.717, 1.165) is 11.1 Å². The van der Waals surface area contributed by atoms with Crippen LogP contribution in [0.25, 0.3) is 0 Å². The summed E-state index contributed by atoms with van der Waals surface area (Å²) in [5.74, 6) is -0.413. The summed E-state index contributed by atoms with van der Waals surface area (Å²) >= 11 is 0. The first-order chi connectivity index (χ1) is 12.4. The number of nitro groups is 1. The van der Waals surface area contributed by atoms with Gasteiger partial charge in [0.05, 0.1) is 11.0 Å². The number of likely N-dealkylation sites (N-methyl/N-ethyl adjacent to an activating group) is 1. The maximum Gasteiger partial charge on any atom is 0.269 e. The van der Waals surface area contributed by atoms with Gasteiger partial charge >= 0.3 is 0 Å². The predicted molar refractivity (Wildman–Crippen MR) is 102 cm³/mol. The van der Waals surface area contributed by atoms with Crippen LogP contribution in [-0.2, 0) is 11.3 Å². The highest BCUT2D eigenvalue weighted by molar-refractivity contribution is 5.83. The van der Waals surface area contributed by atoms with Gasteiger partial charge in [-0.1, -0.05) is 48.5 Å². The van der Waals surface area contributed by atoms with Crippen LogP contribution >= 0.6 is 0 Å². The van der Waals surface area contributed by atoms with E-state index in [9.17, 15) is 14.9 Å². The van der Waals surface area contributed by atoms with Crippen molar-refractivity contribution in [2.24, 2.45) is 0 Å². The van der Waals surface area contributed by atoms with Gasteiger partial charge in [0.2, 0.25) is 5.91 Å². The van der Waals surface area contributed by atoms with E-state index in [-0.39, 0.29) is 17.5 Å². The summed E-state index contributed by atoms with van der Waals surface area (Å²) in [6, 6.07) is 15.4. The molecule has 2 aromatic carbocycles. The van der Waals surface area contributed by atoms with Crippen LogP contribution in [-0.4, -0.2) is 35.9 Å². The molecule has 2 aromatic rings. The van der Waals surface area contributed by atoms with Gasteiger partial charge in [0.15, 0.2) is 0 Å². The summed E-state index contributed by atoms with van der Waals surface area (Å²) < 4.78 is 0. The van der Waals surface area contributed by atoms with Gasteiger partial charge in [-0.15, -0.1) is 6.58 Å². The summed E-state index contributed by atoms with van der Waals surface area (Å²) in [7, 11) is 3.66. The Labute approximate surface area is 153 Å². The highest BCUT2D eigenvalue weighted by atomic mass is 16.6. The topological polar surface area (TPSA) is 75.5 Å². The molecule has 0 aromatic heterocycles. The lowest BCUT2D eigenvalue weighted by molar-refractivity contribution is -0.384. The van der Waals surface area contributed by atoms with E-state index in [1.807, 2.05) is 49.3 Å². The van der Waals surface area contributed by atoms with Crippen LogP contribution < -0.4 is 5.32 Å². The van der Waals surface area contributed by atoms with E-state index in [4.69, 9.17) is 0 Å². The number of hydrogen-bond acceptors (Lipinski definition) is 4. The number of benzene rings is 2. The van der Waals surface area contributed by atoms with Crippen molar-refractivity contribution in [3.63, 3.8) is 0 Å². The molecule has 0 aliphatic carbocycles. The number of amides is 1. The van der Waals surface area contributed by atoms with Gasteiger partial charge in [0.25, 0.3) is 5.69 Å². The van der Waals surface area contributed by atoms with Crippen molar-refractivity contribution < 1.29 is 9.72 Å². The first-order valence-corrected chi connectivity index (χ1v) is 8.29. The fourth-order valence-corrected chi connectivity index (χ4v) is 2.87. The van der Waals surface area contributed by atoms with Crippen LogP contribution in [0.4, 0.5) is 5.69 Å². The van der Waals surface area contributed by atoms with E-state index >= 15 is 0 Å². The molecule has 2 rings (SSSR count). The minimum Gasteiger partial charge on any atom is -0.351 e. The number of nitro benzene ring substituents is 1. The second-order valence-electron chi connectivity index (χ2n) is 6.22. The number of carbonyl (C=O) groups is 1. The normalized spacial score (nSPS) is 13.0. The average Bonchev–Trinajstić information content (AvgIpc) is 2.64. The molecule has 136 valence electrons. The third-order valence-corrected chi connectivity index (χ3v) is 4.22. The number of carbonyl (C=O) groups excluding carboxylic acids is 1. The predicted octanol–water partition coefficient (Wildman–Crippen LogP) is 3.11. The Kier molecular flexibility index (Phi) is 6.63. The first kappa shape index (κ1) is 19.3. The maximum absolute atomic E-state index is 12.8. The van der Waals surface area contributed by atoms with Gasteiger partial charge in [-0.2, -0.15) is 0 Å². The number of nitrogens with zero attached hydrogens (tertiary/aromatic N) is 2. The van der Waals surface area contributed by atoms with Crippen LogP contribution in [0, 0.1) is 10.1 Å². The summed E-state index contributed by atoms with van der Waals surface area (Å²) in [5, 5.41) is 13.8. The largest absolute Gasteiger partial charge is 0.351 e. The lowest BCUT2D eigenvalue weighted by Crippen LogP contribution is -2.46. The Balaban J connectivity index is 2.18. The van der Waals surface area contributed by atoms with Gasteiger partial charge in [-0.25, -0.2) is 0 Å². The zero-order valence-electron chi connectivity index (χ0n) is 15.0. The highest BCUT2D eigenvalue weighted by Gasteiger charge is 2.29. The van der Waals surface area contributed by atoms with Gasteiger partial charge in [-0.3, -0.25) is 19.8 Å². The van der Waals surface area contributed by atoms with Crippen molar-refractivity contribution in [2.45, 2.75) is 18.5 Å². The summed E-state index contributed by atoms with van der Waals surface area (Å²) in [6.07, 6.45) is 1.70. The quantitative estimate of drug-likeness (QED) is 0.449. The fourth-order valence-electron chi connectivity index (χ4n) is 2.87. The van der Waals surface area contributed by atoms with Crippen molar-refractivity contribution >= 4 is 11.6 Å². The second kappa shape index (κ2) is 8.92. The fraction of sp³-hybridized carbons (Fsp3) is 0.250. The van der Waals surface area contributed by atoms with Gasteiger partial charge in [0.1, 0.15) is 0 Å².